The van der Waals surface area contributed by atoms with Gasteiger partial charge in [0.25, 0.3) is 0 Å². The van der Waals surface area contributed by atoms with Crippen molar-refractivity contribution in [3.8, 4) is 0 Å². The molecule has 1 aromatic heterocycles. The van der Waals surface area contributed by atoms with Crippen molar-refractivity contribution < 1.29 is 9.53 Å². The Morgan fingerprint density at radius 3 is 3.21 bits per heavy atom. The monoisotopic (exact) mass is 193 g/mol. The van der Waals surface area contributed by atoms with E-state index >= 15 is 0 Å². The maximum Gasteiger partial charge on any atom is 0.358 e. The summed E-state index contributed by atoms with van der Waals surface area (Å²) in [6, 6.07) is 0. The average molecular weight is 193 g/mol. The van der Waals surface area contributed by atoms with Crippen LogP contribution in [0.15, 0.2) is 6.20 Å². The van der Waals surface area contributed by atoms with Crippen LogP contribution in [0.1, 0.15) is 21.9 Å². The minimum absolute atomic E-state index is 0.285. The Hall–Kier alpha value is -1.49. The van der Waals surface area contributed by atoms with E-state index < -0.39 is 5.97 Å². The van der Waals surface area contributed by atoms with Gasteiger partial charge in [0.2, 0.25) is 0 Å². The average Bonchev–Trinajstić information content (AvgIpc) is 2.27. The molecule has 5 heteroatoms. The van der Waals surface area contributed by atoms with E-state index in [0.717, 1.165) is 30.9 Å². The van der Waals surface area contributed by atoms with Crippen molar-refractivity contribution in [2.24, 2.45) is 0 Å². The van der Waals surface area contributed by atoms with Gasteiger partial charge in [0, 0.05) is 19.5 Å². The van der Waals surface area contributed by atoms with Crippen LogP contribution in [0.4, 0.5) is 0 Å². The van der Waals surface area contributed by atoms with Crippen LogP contribution < -0.4 is 5.32 Å². The summed E-state index contributed by atoms with van der Waals surface area (Å²) >= 11 is 0. The Bertz CT molecular complexity index is 365. The lowest BCUT2D eigenvalue weighted by Gasteiger charge is -2.14. The Kier molecular flexibility index (Phi) is 2.41. The second kappa shape index (κ2) is 3.71. The zero-order valence-corrected chi connectivity index (χ0v) is 7.91. The third kappa shape index (κ3) is 1.58. The van der Waals surface area contributed by atoms with Gasteiger partial charge in [0.15, 0.2) is 5.69 Å². The van der Waals surface area contributed by atoms with Crippen molar-refractivity contribution in [1.82, 2.24) is 15.3 Å². The molecule has 0 fully saturated rings. The first-order chi connectivity index (χ1) is 6.81. The Balaban J connectivity index is 2.33. The SMILES string of the molecule is COC(=O)c1cnc2c(n1)CCNC2. The quantitative estimate of drug-likeness (QED) is 0.631. The Labute approximate surface area is 81.5 Å². The summed E-state index contributed by atoms with van der Waals surface area (Å²) in [6.07, 6.45) is 2.27. The second-order valence-corrected chi connectivity index (χ2v) is 3.07. The summed E-state index contributed by atoms with van der Waals surface area (Å²) in [5, 5.41) is 3.18. The van der Waals surface area contributed by atoms with E-state index in [-0.39, 0.29) is 5.69 Å². The van der Waals surface area contributed by atoms with Crippen LogP contribution in [0, 0.1) is 0 Å². The number of carbonyl (C=O) groups is 1. The van der Waals surface area contributed by atoms with Gasteiger partial charge < -0.3 is 10.1 Å². The first-order valence-corrected chi connectivity index (χ1v) is 4.45. The Morgan fingerprint density at radius 1 is 1.57 bits per heavy atom. The normalized spacial score (nSPS) is 14.6. The first-order valence-electron chi connectivity index (χ1n) is 4.45. The topological polar surface area (TPSA) is 64.1 Å². The van der Waals surface area contributed by atoms with Crippen molar-refractivity contribution >= 4 is 5.97 Å². The highest BCUT2D eigenvalue weighted by atomic mass is 16.5. The number of aromatic nitrogens is 2. The van der Waals surface area contributed by atoms with E-state index in [1.165, 1.54) is 13.3 Å². The molecule has 0 spiro atoms. The van der Waals surface area contributed by atoms with Gasteiger partial charge in [-0.05, 0) is 0 Å². The number of nitrogens with one attached hydrogen (secondary N) is 1. The van der Waals surface area contributed by atoms with Gasteiger partial charge in [-0.2, -0.15) is 0 Å². The smallest absolute Gasteiger partial charge is 0.358 e. The molecule has 1 aliphatic heterocycles. The summed E-state index contributed by atoms with van der Waals surface area (Å²) in [5.74, 6) is -0.432. The van der Waals surface area contributed by atoms with Gasteiger partial charge >= 0.3 is 5.97 Å². The maximum atomic E-state index is 11.2. The minimum Gasteiger partial charge on any atom is -0.464 e. The molecule has 0 bridgehead atoms. The van der Waals surface area contributed by atoms with Crippen molar-refractivity contribution in [1.29, 1.82) is 0 Å². The van der Waals surface area contributed by atoms with E-state index in [1.54, 1.807) is 0 Å². The van der Waals surface area contributed by atoms with Gasteiger partial charge in [0.1, 0.15) is 0 Å². The number of rotatable bonds is 1. The second-order valence-electron chi connectivity index (χ2n) is 3.07. The summed E-state index contributed by atoms with van der Waals surface area (Å²) < 4.78 is 4.57. The zero-order chi connectivity index (χ0) is 9.97. The van der Waals surface area contributed by atoms with E-state index in [2.05, 4.69) is 20.0 Å². The van der Waals surface area contributed by atoms with Gasteiger partial charge in [0.05, 0.1) is 24.7 Å². The number of fused-ring (bicyclic) bond motifs is 1. The number of methoxy groups -OCH3 is 1. The first kappa shape index (κ1) is 9.08. The van der Waals surface area contributed by atoms with Crippen LogP contribution in [-0.4, -0.2) is 29.6 Å². The van der Waals surface area contributed by atoms with Crippen LogP contribution in [0.25, 0.3) is 0 Å². The summed E-state index contributed by atoms with van der Waals surface area (Å²) in [4.78, 5) is 19.5. The fraction of sp³-hybridized carbons (Fsp3) is 0.444. The van der Waals surface area contributed by atoms with E-state index in [4.69, 9.17) is 0 Å². The zero-order valence-electron chi connectivity index (χ0n) is 7.91. The molecule has 0 atom stereocenters. The predicted molar refractivity (Wildman–Crippen MR) is 48.8 cm³/mol. The molecule has 0 aliphatic carbocycles. The number of hydrogen-bond donors (Lipinski definition) is 1. The highest BCUT2D eigenvalue weighted by molar-refractivity contribution is 5.86. The standard InChI is InChI=1S/C9H11N3O2/c1-14-9(13)8-5-11-7-4-10-3-2-6(7)12-8/h5,10H,2-4H2,1H3. The number of nitrogens with zero attached hydrogens (tertiary/aromatic N) is 2. The van der Waals surface area contributed by atoms with Crippen LogP contribution in [0.3, 0.4) is 0 Å². The lowest BCUT2D eigenvalue weighted by molar-refractivity contribution is 0.0593. The van der Waals surface area contributed by atoms with Crippen LogP contribution >= 0.6 is 0 Å². The minimum atomic E-state index is -0.432. The molecule has 74 valence electrons. The summed E-state index contributed by atoms with van der Waals surface area (Å²) in [5.41, 5.74) is 2.10. The molecule has 0 aromatic carbocycles. The predicted octanol–water partition coefficient (Wildman–Crippen LogP) is -0.0911. The van der Waals surface area contributed by atoms with Crippen LogP contribution in [-0.2, 0) is 17.7 Å². The summed E-state index contributed by atoms with van der Waals surface area (Å²) in [6.45, 7) is 1.61. The van der Waals surface area contributed by atoms with Crippen molar-refractivity contribution in [3.05, 3.63) is 23.3 Å². The number of hydrogen-bond acceptors (Lipinski definition) is 5. The van der Waals surface area contributed by atoms with E-state index in [0.29, 0.717) is 0 Å². The molecule has 0 radical (unpaired) electrons. The van der Waals surface area contributed by atoms with Gasteiger partial charge in [-0.1, -0.05) is 0 Å². The molecule has 1 aromatic rings. The van der Waals surface area contributed by atoms with Gasteiger partial charge in [-0.25, -0.2) is 9.78 Å². The summed E-state index contributed by atoms with van der Waals surface area (Å²) in [7, 11) is 1.34. The molecule has 1 N–H and O–H groups in total. The third-order valence-electron chi connectivity index (χ3n) is 2.16. The molecule has 0 saturated heterocycles. The van der Waals surface area contributed by atoms with Crippen molar-refractivity contribution in [2.45, 2.75) is 13.0 Å². The lowest BCUT2D eigenvalue weighted by atomic mass is 10.1. The molecule has 0 amide bonds. The number of ether oxygens (including phenoxy) is 1. The largest absolute Gasteiger partial charge is 0.464 e. The highest BCUT2D eigenvalue weighted by Crippen LogP contribution is 2.09. The van der Waals surface area contributed by atoms with Crippen LogP contribution in [0.5, 0.6) is 0 Å². The Morgan fingerprint density at radius 2 is 2.43 bits per heavy atom. The maximum absolute atomic E-state index is 11.2. The lowest BCUT2D eigenvalue weighted by Crippen LogP contribution is -2.26. The molecular formula is C9H11N3O2. The third-order valence-corrected chi connectivity index (χ3v) is 2.16. The molecule has 2 heterocycles. The molecule has 2 rings (SSSR count). The van der Waals surface area contributed by atoms with E-state index in [9.17, 15) is 4.79 Å². The van der Waals surface area contributed by atoms with E-state index in [1.807, 2.05) is 0 Å². The molecule has 1 aliphatic rings. The molecule has 0 saturated carbocycles. The fourth-order valence-electron chi connectivity index (χ4n) is 1.42. The van der Waals surface area contributed by atoms with Gasteiger partial charge in [-0.15, -0.1) is 0 Å². The molecule has 0 unspecified atom stereocenters. The molecule has 5 nitrogen and oxygen atoms in total. The number of carbonyl (C=O) groups excluding carboxylic acids is 1. The van der Waals surface area contributed by atoms with Crippen molar-refractivity contribution in [2.75, 3.05) is 13.7 Å². The molecular weight excluding hydrogens is 182 g/mol. The van der Waals surface area contributed by atoms with Crippen molar-refractivity contribution in [3.63, 3.8) is 0 Å². The van der Waals surface area contributed by atoms with Crippen LogP contribution in [0.2, 0.25) is 0 Å². The fourth-order valence-corrected chi connectivity index (χ4v) is 1.42. The number of esters is 1. The molecule has 14 heavy (non-hydrogen) atoms. The van der Waals surface area contributed by atoms with Gasteiger partial charge in [-0.3, -0.25) is 4.98 Å². The highest BCUT2D eigenvalue weighted by Gasteiger charge is 2.15.